The fraction of sp³-hybridized carbons (Fsp3) is 0.877. The van der Waals surface area contributed by atoms with Crippen LogP contribution in [0, 0.1) is 0 Å². The van der Waals surface area contributed by atoms with E-state index >= 15 is 0 Å². The summed E-state index contributed by atoms with van der Waals surface area (Å²) >= 11 is 0. The van der Waals surface area contributed by atoms with E-state index < -0.39 is 6.10 Å². The molecule has 0 aromatic carbocycles. The van der Waals surface area contributed by atoms with Gasteiger partial charge in [-0.1, -0.05) is 333 Å². The van der Waals surface area contributed by atoms with Crippen LogP contribution in [0.1, 0.15) is 393 Å². The number of hydrogen-bond acceptors (Lipinski definition) is 6. The first-order chi connectivity index (χ1) is 39.0. The smallest absolute Gasteiger partial charge is 0.306 e. The lowest BCUT2D eigenvalue weighted by molar-refractivity contribution is -0.167. The molecule has 464 valence electrons. The molecule has 1 atom stereocenters. The molecule has 0 aromatic heterocycles. The van der Waals surface area contributed by atoms with Crippen molar-refractivity contribution in [2.45, 2.75) is 399 Å². The molecule has 0 spiro atoms. The SMILES string of the molecule is CCCCCCC/C=C\C/C=C\CCCCCCCCCCCCCCCCCCCC(=O)OCC(COC(=O)CCCCCCCCCCCCCCCCC)OC(=O)CCCCCCCCC/C=C\CCCCCCCC. The molecule has 0 heterocycles. The van der Waals surface area contributed by atoms with E-state index in [1.54, 1.807) is 0 Å². The van der Waals surface area contributed by atoms with Gasteiger partial charge in [0, 0.05) is 19.3 Å². The van der Waals surface area contributed by atoms with Gasteiger partial charge in [-0.05, 0) is 77.0 Å². The van der Waals surface area contributed by atoms with Crippen molar-refractivity contribution in [3.63, 3.8) is 0 Å². The predicted molar refractivity (Wildman–Crippen MR) is 344 cm³/mol. The number of rotatable bonds is 66. The summed E-state index contributed by atoms with van der Waals surface area (Å²) in [6.07, 6.45) is 84.6. The van der Waals surface area contributed by atoms with Crippen molar-refractivity contribution in [3.8, 4) is 0 Å². The molecule has 0 aliphatic rings. The highest BCUT2D eigenvalue weighted by atomic mass is 16.6. The monoisotopic (exact) mass is 1110 g/mol. The Bertz CT molecular complexity index is 1320. The van der Waals surface area contributed by atoms with Crippen LogP contribution in [0.2, 0.25) is 0 Å². The summed E-state index contributed by atoms with van der Waals surface area (Å²) in [6.45, 7) is 6.70. The summed E-state index contributed by atoms with van der Waals surface area (Å²) in [6, 6.07) is 0. The molecule has 1 unspecified atom stereocenters. The zero-order valence-corrected chi connectivity index (χ0v) is 53.4. The fourth-order valence-electron chi connectivity index (χ4n) is 10.8. The third-order valence-electron chi connectivity index (χ3n) is 16.1. The number of esters is 3. The highest BCUT2D eigenvalue weighted by Crippen LogP contribution is 2.18. The number of ether oxygens (including phenoxy) is 3. The summed E-state index contributed by atoms with van der Waals surface area (Å²) < 4.78 is 17.0. The van der Waals surface area contributed by atoms with Gasteiger partial charge in [-0.15, -0.1) is 0 Å². The Balaban J connectivity index is 4.20. The van der Waals surface area contributed by atoms with Crippen molar-refractivity contribution in [1.29, 1.82) is 0 Å². The van der Waals surface area contributed by atoms with Gasteiger partial charge in [-0.25, -0.2) is 0 Å². The molecule has 0 aliphatic heterocycles. The van der Waals surface area contributed by atoms with E-state index in [2.05, 4.69) is 57.2 Å². The minimum Gasteiger partial charge on any atom is -0.462 e. The Labute approximate surface area is 493 Å². The summed E-state index contributed by atoms with van der Waals surface area (Å²) in [5, 5.41) is 0. The molecule has 6 heteroatoms. The van der Waals surface area contributed by atoms with E-state index in [1.807, 2.05) is 0 Å². The number of hydrogen-bond donors (Lipinski definition) is 0. The molecule has 0 amide bonds. The molecular formula is C73H136O6. The largest absolute Gasteiger partial charge is 0.462 e. The molecule has 0 aliphatic carbocycles. The maximum atomic E-state index is 12.9. The Kier molecular flexibility index (Phi) is 66.1. The van der Waals surface area contributed by atoms with Crippen LogP contribution in [0.3, 0.4) is 0 Å². The molecule has 0 N–H and O–H groups in total. The van der Waals surface area contributed by atoms with Crippen LogP contribution in [-0.2, 0) is 28.6 Å². The molecule has 0 fully saturated rings. The third-order valence-corrected chi connectivity index (χ3v) is 16.1. The van der Waals surface area contributed by atoms with Crippen molar-refractivity contribution >= 4 is 17.9 Å². The number of carbonyl (C=O) groups is 3. The Morgan fingerprint density at radius 3 is 0.709 bits per heavy atom. The number of allylic oxidation sites excluding steroid dienone is 6. The van der Waals surface area contributed by atoms with Crippen LogP contribution in [0.25, 0.3) is 0 Å². The van der Waals surface area contributed by atoms with Gasteiger partial charge in [0.1, 0.15) is 13.2 Å². The Morgan fingerprint density at radius 2 is 0.456 bits per heavy atom. The van der Waals surface area contributed by atoms with Crippen LogP contribution in [-0.4, -0.2) is 37.2 Å². The van der Waals surface area contributed by atoms with Gasteiger partial charge in [0.05, 0.1) is 0 Å². The van der Waals surface area contributed by atoms with E-state index in [-0.39, 0.29) is 31.1 Å². The first-order valence-corrected chi connectivity index (χ1v) is 35.5. The van der Waals surface area contributed by atoms with Crippen molar-refractivity contribution in [2.24, 2.45) is 0 Å². The highest BCUT2D eigenvalue weighted by molar-refractivity contribution is 5.71. The van der Waals surface area contributed by atoms with Crippen LogP contribution >= 0.6 is 0 Å². The maximum Gasteiger partial charge on any atom is 0.306 e. The Hall–Kier alpha value is -2.37. The van der Waals surface area contributed by atoms with Crippen molar-refractivity contribution in [1.82, 2.24) is 0 Å². The van der Waals surface area contributed by atoms with E-state index in [1.165, 1.54) is 289 Å². The lowest BCUT2D eigenvalue weighted by atomic mass is 10.0. The lowest BCUT2D eigenvalue weighted by Gasteiger charge is -2.18. The normalized spacial score (nSPS) is 12.2. The second-order valence-electron chi connectivity index (χ2n) is 24.1. The van der Waals surface area contributed by atoms with E-state index in [0.29, 0.717) is 19.3 Å². The molecule has 0 bridgehead atoms. The van der Waals surface area contributed by atoms with E-state index in [9.17, 15) is 14.4 Å². The molecule has 6 nitrogen and oxygen atoms in total. The lowest BCUT2D eigenvalue weighted by Crippen LogP contribution is -2.30. The van der Waals surface area contributed by atoms with Crippen LogP contribution in [0.5, 0.6) is 0 Å². The summed E-state index contributed by atoms with van der Waals surface area (Å²) in [4.78, 5) is 38.4. The number of carbonyl (C=O) groups excluding carboxylic acids is 3. The van der Waals surface area contributed by atoms with E-state index in [4.69, 9.17) is 14.2 Å². The summed E-state index contributed by atoms with van der Waals surface area (Å²) in [7, 11) is 0. The standard InChI is InChI=1S/C73H136O6/c1-4-7-10-13-16-19-22-25-28-30-31-32-33-34-35-36-37-38-39-40-41-43-45-48-51-54-57-60-63-66-72(75)78-69-70(68-77-71(74)65-62-59-56-53-50-47-44-27-24-21-18-15-12-9-6-3)79-73(76)67-64-61-58-55-52-49-46-42-29-26-23-20-17-14-11-8-5-2/h22,25-26,29-31,70H,4-21,23-24,27-28,32-69H2,1-3H3/b25-22-,29-26-,31-30-. The second kappa shape index (κ2) is 68.1. The predicted octanol–water partition coefficient (Wildman–Crippen LogP) is 24.3. The van der Waals surface area contributed by atoms with Gasteiger partial charge in [-0.2, -0.15) is 0 Å². The summed E-state index contributed by atoms with van der Waals surface area (Å²) in [5.74, 6) is -0.842. The van der Waals surface area contributed by atoms with E-state index in [0.717, 1.165) is 64.2 Å². The average Bonchev–Trinajstić information content (AvgIpc) is 3.45. The van der Waals surface area contributed by atoms with Gasteiger partial charge in [0.2, 0.25) is 0 Å². The zero-order valence-electron chi connectivity index (χ0n) is 53.4. The summed E-state index contributed by atoms with van der Waals surface area (Å²) in [5.41, 5.74) is 0. The first-order valence-electron chi connectivity index (χ1n) is 35.5. The molecule has 0 aromatic rings. The van der Waals surface area contributed by atoms with Gasteiger partial charge in [0.25, 0.3) is 0 Å². The Morgan fingerprint density at radius 1 is 0.253 bits per heavy atom. The van der Waals surface area contributed by atoms with Gasteiger partial charge in [-0.3, -0.25) is 14.4 Å². The second-order valence-corrected chi connectivity index (χ2v) is 24.1. The highest BCUT2D eigenvalue weighted by Gasteiger charge is 2.19. The molecule has 79 heavy (non-hydrogen) atoms. The molecular weight excluding hydrogens is 973 g/mol. The average molecular weight is 1110 g/mol. The van der Waals surface area contributed by atoms with Gasteiger partial charge >= 0.3 is 17.9 Å². The topological polar surface area (TPSA) is 78.9 Å². The molecule has 0 radical (unpaired) electrons. The minimum atomic E-state index is -0.772. The number of unbranched alkanes of at least 4 members (excludes halogenated alkanes) is 49. The first kappa shape index (κ1) is 76.6. The minimum absolute atomic E-state index is 0.0678. The third kappa shape index (κ3) is 66.3. The quantitative estimate of drug-likeness (QED) is 0.0261. The van der Waals surface area contributed by atoms with Crippen LogP contribution in [0.15, 0.2) is 36.5 Å². The van der Waals surface area contributed by atoms with Crippen molar-refractivity contribution < 1.29 is 28.6 Å². The van der Waals surface area contributed by atoms with Gasteiger partial charge in [0.15, 0.2) is 6.10 Å². The maximum absolute atomic E-state index is 12.9. The van der Waals surface area contributed by atoms with Crippen molar-refractivity contribution in [2.75, 3.05) is 13.2 Å². The molecule has 0 rings (SSSR count). The fourth-order valence-corrected chi connectivity index (χ4v) is 10.8. The van der Waals surface area contributed by atoms with Crippen molar-refractivity contribution in [3.05, 3.63) is 36.5 Å². The molecule has 0 saturated heterocycles. The van der Waals surface area contributed by atoms with Gasteiger partial charge < -0.3 is 14.2 Å². The van der Waals surface area contributed by atoms with Crippen LogP contribution in [0.4, 0.5) is 0 Å². The van der Waals surface area contributed by atoms with Crippen LogP contribution < -0.4 is 0 Å². The molecule has 0 saturated carbocycles. The zero-order chi connectivity index (χ0) is 57.1.